The first-order valence-electron chi connectivity index (χ1n) is 8.92. The Bertz CT molecular complexity index is 700. The number of para-hydroxylation sites is 1. The zero-order valence-corrected chi connectivity index (χ0v) is 16.7. The molecule has 1 fully saturated rings. The summed E-state index contributed by atoms with van der Waals surface area (Å²) >= 11 is 0. The van der Waals surface area contributed by atoms with E-state index in [9.17, 15) is 13.2 Å². The van der Waals surface area contributed by atoms with Gasteiger partial charge in [-0.05, 0) is 12.6 Å². The number of carbonyl (C=O) groups excluding carboxylic acids is 1. The summed E-state index contributed by atoms with van der Waals surface area (Å²) < 4.78 is 31.0. The van der Waals surface area contributed by atoms with Crippen LogP contribution in [0.25, 0.3) is 0 Å². The van der Waals surface area contributed by atoms with E-state index >= 15 is 0 Å². The fraction of sp³-hybridized carbons (Fsp3) is 0.611. The van der Waals surface area contributed by atoms with Gasteiger partial charge >= 0.3 is 0 Å². The molecule has 1 aliphatic rings. The fourth-order valence-corrected chi connectivity index (χ4v) is 3.87. The topological polar surface area (TPSA) is 70.2 Å². The minimum absolute atomic E-state index is 0.00873. The second-order valence-corrected chi connectivity index (χ2v) is 8.46. The Morgan fingerprint density at radius 1 is 1.19 bits per heavy atom. The van der Waals surface area contributed by atoms with Gasteiger partial charge in [0.05, 0.1) is 13.4 Å². The third-order valence-electron chi connectivity index (χ3n) is 4.76. The Labute approximate surface area is 156 Å². The van der Waals surface area contributed by atoms with Crippen LogP contribution < -0.4 is 4.74 Å². The molecule has 0 spiro atoms. The summed E-state index contributed by atoms with van der Waals surface area (Å²) in [6.45, 7) is 6.63. The molecule has 1 heterocycles. The van der Waals surface area contributed by atoms with Crippen molar-refractivity contribution in [2.45, 2.75) is 19.9 Å². The van der Waals surface area contributed by atoms with E-state index in [2.05, 4.69) is 11.8 Å². The molecule has 0 aliphatic carbocycles. The van der Waals surface area contributed by atoms with E-state index in [1.807, 2.05) is 23.1 Å². The number of carbonyl (C=O) groups is 1. The van der Waals surface area contributed by atoms with Gasteiger partial charge in [-0.25, -0.2) is 8.42 Å². The van der Waals surface area contributed by atoms with E-state index in [-0.39, 0.29) is 25.4 Å². The Kier molecular flexibility index (Phi) is 7.43. The van der Waals surface area contributed by atoms with E-state index in [0.717, 1.165) is 25.2 Å². The third-order valence-corrected chi connectivity index (χ3v) is 6.01. The molecule has 0 unspecified atom stereocenters. The average molecular weight is 384 g/mol. The van der Waals surface area contributed by atoms with E-state index < -0.39 is 10.0 Å². The van der Waals surface area contributed by atoms with Crippen molar-refractivity contribution in [1.29, 1.82) is 0 Å². The first-order chi connectivity index (χ1) is 12.3. The largest absolute Gasteiger partial charge is 0.496 e. The number of sulfonamides is 1. The summed E-state index contributed by atoms with van der Waals surface area (Å²) in [5, 5.41) is 0. The van der Waals surface area contributed by atoms with E-state index in [0.29, 0.717) is 18.8 Å². The highest BCUT2D eigenvalue weighted by atomic mass is 32.2. The van der Waals surface area contributed by atoms with Gasteiger partial charge in [0.25, 0.3) is 0 Å². The number of benzene rings is 1. The highest BCUT2D eigenvalue weighted by Crippen LogP contribution is 2.20. The maximum Gasteiger partial charge on any atom is 0.223 e. The summed E-state index contributed by atoms with van der Waals surface area (Å²) in [7, 11) is -1.87. The summed E-state index contributed by atoms with van der Waals surface area (Å²) in [5.74, 6) is 0.651. The molecule has 0 bridgehead atoms. The number of rotatable bonds is 8. The van der Waals surface area contributed by atoms with Crippen LogP contribution in [0.15, 0.2) is 24.3 Å². The number of piperazine rings is 1. The van der Waals surface area contributed by atoms with Crippen LogP contribution in [-0.2, 0) is 21.4 Å². The molecule has 26 heavy (non-hydrogen) atoms. The van der Waals surface area contributed by atoms with Gasteiger partial charge in [-0.2, -0.15) is 4.31 Å². The van der Waals surface area contributed by atoms with Crippen LogP contribution in [0.2, 0.25) is 0 Å². The summed E-state index contributed by atoms with van der Waals surface area (Å²) in [6, 6.07) is 7.32. The molecule has 0 aromatic heterocycles. The monoisotopic (exact) mass is 383 g/mol. The van der Waals surface area contributed by atoms with Gasteiger partial charge in [-0.1, -0.05) is 25.1 Å². The van der Waals surface area contributed by atoms with Gasteiger partial charge in [0, 0.05) is 51.3 Å². The van der Waals surface area contributed by atoms with Gasteiger partial charge in [0.15, 0.2) is 0 Å². The van der Waals surface area contributed by atoms with Gasteiger partial charge in [-0.15, -0.1) is 0 Å². The molecule has 8 heteroatoms. The standard InChI is InChI=1S/C18H29N3O4S/c1-4-19-11-13-20(14-12-19)18(22)9-10-21(26(3,23)24)15-16-7-5-6-8-17(16)25-2/h5-8H,4,9-15H2,1-3H3. The van der Waals surface area contributed by atoms with Crippen molar-refractivity contribution in [3.05, 3.63) is 29.8 Å². The second kappa shape index (κ2) is 9.34. The number of hydrogen-bond acceptors (Lipinski definition) is 5. The van der Waals surface area contributed by atoms with Gasteiger partial charge < -0.3 is 14.5 Å². The van der Waals surface area contributed by atoms with Crippen LogP contribution in [0.4, 0.5) is 0 Å². The highest BCUT2D eigenvalue weighted by Gasteiger charge is 2.23. The van der Waals surface area contributed by atoms with Crippen molar-refractivity contribution in [3.63, 3.8) is 0 Å². The number of nitrogens with zero attached hydrogens (tertiary/aromatic N) is 3. The molecule has 1 aliphatic heterocycles. The average Bonchev–Trinajstić information content (AvgIpc) is 2.64. The first-order valence-corrected chi connectivity index (χ1v) is 10.8. The zero-order valence-electron chi connectivity index (χ0n) is 15.8. The molecule has 146 valence electrons. The first kappa shape index (κ1) is 20.7. The van der Waals surface area contributed by atoms with Crippen LogP contribution in [0, 0.1) is 0 Å². The Hall–Kier alpha value is -1.64. The van der Waals surface area contributed by atoms with E-state index in [1.165, 1.54) is 10.6 Å². The molecule has 0 saturated carbocycles. The Morgan fingerprint density at radius 2 is 1.85 bits per heavy atom. The maximum absolute atomic E-state index is 12.5. The lowest BCUT2D eigenvalue weighted by Crippen LogP contribution is -2.49. The minimum atomic E-state index is -3.43. The SMILES string of the molecule is CCN1CCN(C(=O)CCN(Cc2ccccc2OC)S(C)(=O)=O)CC1. The van der Waals surface area contributed by atoms with Crippen LogP contribution in [0.1, 0.15) is 18.9 Å². The van der Waals surface area contributed by atoms with Crippen LogP contribution in [0.3, 0.4) is 0 Å². The molecule has 0 radical (unpaired) electrons. The van der Waals surface area contributed by atoms with Crippen LogP contribution in [0.5, 0.6) is 5.75 Å². The molecule has 2 rings (SSSR count). The number of methoxy groups -OCH3 is 1. The van der Waals surface area contributed by atoms with Crippen LogP contribution in [-0.4, -0.2) is 81.1 Å². The summed E-state index contributed by atoms with van der Waals surface area (Å²) in [4.78, 5) is 16.6. The second-order valence-electron chi connectivity index (χ2n) is 6.47. The zero-order chi connectivity index (χ0) is 19.2. The smallest absolute Gasteiger partial charge is 0.223 e. The van der Waals surface area contributed by atoms with Crippen molar-refractivity contribution >= 4 is 15.9 Å². The van der Waals surface area contributed by atoms with Crippen molar-refractivity contribution < 1.29 is 17.9 Å². The molecule has 1 aromatic carbocycles. The van der Waals surface area contributed by atoms with Crippen LogP contribution >= 0.6 is 0 Å². The Balaban J connectivity index is 1.97. The molecular formula is C18H29N3O4S. The lowest BCUT2D eigenvalue weighted by Gasteiger charge is -2.34. The normalized spacial score (nSPS) is 16.1. The molecule has 1 amide bonds. The van der Waals surface area contributed by atoms with Gasteiger partial charge in [0.2, 0.25) is 15.9 Å². The fourth-order valence-electron chi connectivity index (χ4n) is 3.08. The van der Waals surface area contributed by atoms with Crippen molar-refractivity contribution in [1.82, 2.24) is 14.1 Å². The molecular weight excluding hydrogens is 354 g/mol. The number of amides is 1. The number of hydrogen-bond donors (Lipinski definition) is 0. The molecule has 7 nitrogen and oxygen atoms in total. The minimum Gasteiger partial charge on any atom is -0.496 e. The molecule has 1 saturated heterocycles. The number of likely N-dealkylation sites (N-methyl/N-ethyl adjacent to an activating group) is 1. The van der Waals surface area contributed by atoms with E-state index in [1.54, 1.807) is 13.2 Å². The maximum atomic E-state index is 12.5. The lowest BCUT2D eigenvalue weighted by molar-refractivity contribution is -0.133. The summed E-state index contributed by atoms with van der Waals surface area (Å²) in [6.07, 6.45) is 1.36. The van der Waals surface area contributed by atoms with Crippen molar-refractivity contribution in [3.8, 4) is 5.75 Å². The van der Waals surface area contributed by atoms with Crippen molar-refractivity contribution in [2.75, 3.05) is 52.6 Å². The molecule has 1 aromatic rings. The van der Waals surface area contributed by atoms with E-state index in [4.69, 9.17) is 4.74 Å². The van der Waals surface area contributed by atoms with Gasteiger partial charge in [-0.3, -0.25) is 4.79 Å². The third kappa shape index (κ3) is 5.69. The highest BCUT2D eigenvalue weighted by molar-refractivity contribution is 7.88. The Morgan fingerprint density at radius 3 is 2.42 bits per heavy atom. The summed E-state index contributed by atoms with van der Waals surface area (Å²) in [5.41, 5.74) is 0.782. The van der Waals surface area contributed by atoms with Crippen molar-refractivity contribution in [2.24, 2.45) is 0 Å². The molecule has 0 atom stereocenters. The molecule has 0 N–H and O–H groups in total. The predicted octanol–water partition coefficient (Wildman–Crippen LogP) is 1.01. The lowest BCUT2D eigenvalue weighted by atomic mass is 10.2. The van der Waals surface area contributed by atoms with Gasteiger partial charge in [0.1, 0.15) is 5.75 Å². The quantitative estimate of drug-likeness (QED) is 0.670. The predicted molar refractivity (Wildman–Crippen MR) is 102 cm³/mol. The number of ether oxygens (including phenoxy) is 1.